The van der Waals surface area contributed by atoms with E-state index in [1.54, 1.807) is 0 Å². The fourth-order valence-electron chi connectivity index (χ4n) is 4.26. The van der Waals surface area contributed by atoms with Gasteiger partial charge in [-0.15, -0.1) is 0 Å². The van der Waals surface area contributed by atoms with E-state index in [1.165, 1.54) is 12.7 Å². The molecule has 2 saturated heterocycles. The van der Waals surface area contributed by atoms with Crippen molar-refractivity contribution < 1.29 is 19.0 Å². The van der Waals surface area contributed by atoms with Crippen molar-refractivity contribution in [3.8, 4) is 11.4 Å². The normalized spacial score (nSPS) is 20.5. The van der Waals surface area contributed by atoms with Crippen LogP contribution in [0.15, 0.2) is 24.3 Å². The van der Waals surface area contributed by atoms with Crippen molar-refractivity contribution >= 4 is 23.4 Å². The molecule has 30 heavy (non-hydrogen) atoms. The molecule has 9 heteroatoms. The molecule has 0 spiro atoms. The first-order valence-corrected chi connectivity index (χ1v) is 10.3. The Bertz CT molecular complexity index is 930. The average molecular weight is 411 g/mol. The number of methoxy groups -OCH3 is 1. The molecule has 1 amide bonds. The standard InChI is InChI=1S/C21H25N5O4/c1-28-21(27)22-15-4-2-14(3-5-15)18-23-19(25-6-9-29-10-7-25)17-12-16-13-30-11-8-26(16)20(17)24-18/h2-5,16H,6-13H2,1H3,(H,22,27). The Balaban J connectivity index is 1.52. The van der Waals surface area contributed by atoms with Gasteiger partial charge in [0.25, 0.3) is 0 Å². The number of amides is 1. The number of ether oxygens (including phenoxy) is 3. The maximum Gasteiger partial charge on any atom is 0.411 e. The first-order valence-electron chi connectivity index (χ1n) is 10.3. The highest BCUT2D eigenvalue weighted by Gasteiger charge is 2.37. The van der Waals surface area contributed by atoms with Crippen molar-refractivity contribution in [2.75, 3.05) is 68.3 Å². The van der Waals surface area contributed by atoms with Gasteiger partial charge in [0, 0.05) is 42.9 Å². The van der Waals surface area contributed by atoms with E-state index in [2.05, 4.69) is 19.9 Å². The predicted octanol–water partition coefficient (Wildman–Crippen LogP) is 1.92. The molecule has 1 N–H and O–H groups in total. The highest BCUT2D eigenvalue weighted by Crippen LogP contribution is 2.39. The Kier molecular flexibility index (Phi) is 5.14. The fraction of sp³-hybridized carbons (Fsp3) is 0.476. The summed E-state index contributed by atoms with van der Waals surface area (Å²) in [5.41, 5.74) is 2.77. The smallest absolute Gasteiger partial charge is 0.411 e. The minimum atomic E-state index is -0.496. The number of hydrogen-bond donors (Lipinski definition) is 1. The Morgan fingerprint density at radius 2 is 1.80 bits per heavy atom. The molecular formula is C21H25N5O4. The first-order chi connectivity index (χ1) is 14.7. The summed E-state index contributed by atoms with van der Waals surface area (Å²) in [6.45, 7) is 5.35. The van der Waals surface area contributed by atoms with Crippen LogP contribution in [0.1, 0.15) is 5.56 Å². The largest absolute Gasteiger partial charge is 0.453 e. The van der Waals surface area contributed by atoms with Gasteiger partial charge in [-0.3, -0.25) is 5.32 Å². The third-order valence-corrected chi connectivity index (χ3v) is 5.79. The van der Waals surface area contributed by atoms with E-state index in [-0.39, 0.29) is 0 Å². The monoisotopic (exact) mass is 411 g/mol. The maximum atomic E-state index is 11.4. The van der Waals surface area contributed by atoms with Gasteiger partial charge in [-0.2, -0.15) is 0 Å². The summed E-state index contributed by atoms with van der Waals surface area (Å²) < 4.78 is 15.9. The van der Waals surface area contributed by atoms with Crippen LogP contribution >= 0.6 is 0 Å². The van der Waals surface area contributed by atoms with Gasteiger partial charge in [0.05, 0.1) is 39.6 Å². The van der Waals surface area contributed by atoms with Gasteiger partial charge in [-0.1, -0.05) is 0 Å². The van der Waals surface area contributed by atoms with Crippen molar-refractivity contribution in [2.24, 2.45) is 0 Å². The molecule has 3 aliphatic heterocycles. The number of nitrogens with one attached hydrogen (secondary N) is 1. The van der Waals surface area contributed by atoms with Gasteiger partial charge in [0.1, 0.15) is 11.6 Å². The van der Waals surface area contributed by atoms with Crippen LogP contribution in [0.3, 0.4) is 0 Å². The van der Waals surface area contributed by atoms with E-state index in [1.807, 2.05) is 24.3 Å². The number of nitrogens with zero attached hydrogens (tertiary/aromatic N) is 4. The van der Waals surface area contributed by atoms with E-state index in [0.29, 0.717) is 30.8 Å². The number of aromatic nitrogens is 2. The quantitative estimate of drug-likeness (QED) is 0.820. The molecule has 0 bridgehead atoms. The van der Waals surface area contributed by atoms with Gasteiger partial charge in [-0.05, 0) is 24.3 Å². The second kappa shape index (κ2) is 8.08. The summed E-state index contributed by atoms with van der Waals surface area (Å²) in [4.78, 5) is 26.0. The molecule has 0 radical (unpaired) electrons. The van der Waals surface area contributed by atoms with Crippen LogP contribution in [0.2, 0.25) is 0 Å². The summed E-state index contributed by atoms with van der Waals surface area (Å²) in [6.07, 6.45) is 0.411. The van der Waals surface area contributed by atoms with Crippen LogP contribution < -0.4 is 15.1 Å². The van der Waals surface area contributed by atoms with E-state index >= 15 is 0 Å². The second-order valence-corrected chi connectivity index (χ2v) is 7.59. The molecule has 1 aromatic heterocycles. The van der Waals surface area contributed by atoms with E-state index < -0.39 is 6.09 Å². The lowest BCUT2D eigenvalue weighted by molar-refractivity contribution is 0.0973. The lowest BCUT2D eigenvalue weighted by Gasteiger charge is -2.31. The number of hydrogen-bond acceptors (Lipinski definition) is 8. The van der Waals surface area contributed by atoms with Crippen molar-refractivity contribution in [3.63, 3.8) is 0 Å². The van der Waals surface area contributed by atoms with E-state index in [4.69, 9.17) is 19.4 Å². The molecule has 4 heterocycles. The summed E-state index contributed by atoms with van der Waals surface area (Å²) in [6, 6.07) is 7.82. The molecule has 2 fully saturated rings. The topological polar surface area (TPSA) is 89.0 Å². The van der Waals surface area contributed by atoms with E-state index in [0.717, 1.165) is 56.5 Å². The van der Waals surface area contributed by atoms with Crippen LogP contribution in [0.5, 0.6) is 0 Å². The zero-order valence-corrected chi connectivity index (χ0v) is 17.0. The third kappa shape index (κ3) is 3.54. The number of carbonyl (C=O) groups is 1. The lowest BCUT2D eigenvalue weighted by atomic mass is 10.1. The maximum absolute atomic E-state index is 11.4. The zero-order valence-electron chi connectivity index (χ0n) is 17.0. The molecule has 0 aliphatic carbocycles. The van der Waals surface area contributed by atoms with Crippen LogP contribution in [0, 0.1) is 0 Å². The van der Waals surface area contributed by atoms with Crippen LogP contribution in [0.25, 0.3) is 11.4 Å². The summed E-state index contributed by atoms with van der Waals surface area (Å²) in [5, 5.41) is 2.67. The third-order valence-electron chi connectivity index (χ3n) is 5.79. The highest BCUT2D eigenvalue weighted by atomic mass is 16.5. The molecule has 158 valence electrons. The van der Waals surface area contributed by atoms with Crippen LogP contribution in [-0.2, 0) is 20.6 Å². The van der Waals surface area contributed by atoms with E-state index in [9.17, 15) is 4.79 Å². The Morgan fingerprint density at radius 1 is 1.07 bits per heavy atom. The van der Waals surface area contributed by atoms with Crippen LogP contribution in [-0.4, -0.2) is 75.3 Å². The summed E-state index contributed by atoms with van der Waals surface area (Å²) in [7, 11) is 1.34. The Morgan fingerprint density at radius 3 is 2.57 bits per heavy atom. The minimum Gasteiger partial charge on any atom is -0.453 e. The van der Waals surface area contributed by atoms with Gasteiger partial charge < -0.3 is 24.0 Å². The molecule has 0 saturated carbocycles. The minimum absolute atomic E-state index is 0.324. The molecule has 9 nitrogen and oxygen atoms in total. The van der Waals surface area contributed by atoms with Gasteiger partial charge in [-0.25, -0.2) is 14.8 Å². The number of carbonyl (C=O) groups excluding carboxylic acids is 1. The zero-order chi connectivity index (χ0) is 20.5. The number of fused-ring (bicyclic) bond motifs is 3. The van der Waals surface area contributed by atoms with Crippen molar-refractivity contribution in [2.45, 2.75) is 12.5 Å². The van der Waals surface area contributed by atoms with Crippen molar-refractivity contribution in [1.29, 1.82) is 0 Å². The molecule has 2 aromatic rings. The number of benzene rings is 1. The molecular weight excluding hydrogens is 386 g/mol. The van der Waals surface area contributed by atoms with Gasteiger partial charge in [0.2, 0.25) is 0 Å². The summed E-state index contributed by atoms with van der Waals surface area (Å²) >= 11 is 0. The van der Waals surface area contributed by atoms with Crippen molar-refractivity contribution in [3.05, 3.63) is 29.8 Å². The SMILES string of the molecule is COC(=O)Nc1ccc(-c2nc(N3CCOCC3)c3c(n2)N2CCOCC2C3)cc1. The van der Waals surface area contributed by atoms with Gasteiger partial charge >= 0.3 is 6.09 Å². The molecule has 1 aromatic carbocycles. The fourth-order valence-corrected chi connectivity index (χ4v) is 4.26. The average Bonchev–Trinajstić information content (AvgIpc) is 3.18. The lowest BCUT2D eigenvalue weighted by Crippen LogP contribution is -2.43. The number of rotatable bonds is 3. The predicted molar refractivity (Wildman–Crippen MR) is 112 cm³/mol. The van der Waals surface area contributed by atoms with Crippen LogP contribution in [0.4, 0.5) is 22.1 Å². The highest BCUT2D eigenvalue weighted by molar-refractivity contribution is 5.85. The number of anilines is 3. The molecule has 5 rings (SSSR count). The number of morpholine rings is 2. The Labute approximate surface area is 174 Å². The molecule has 1 atom stereocenters. The molecule has 3 aliphatic rings. The van der Waals surface area contributed by atoms with Crippen molar-refractivity contribution in [1.82, 2.24) is 9.97 Å². The second-order valence-electron chi connectivity index (χ2n) is 7.59. The van der Waals surface area contributed by atoms with Gasteiger partial charge in [0.15, 0.2) is 5.82 Å². The first kappa shape index (κ1) is 19.1. The summed E-state index contributed by atoms with van der Waals surface area (Å²) in [5.74, 6) is 2.71. The molecule has 1 unspecified atom stereocenters. The Hall–Kier alpha value is -2.91.